The second-order valence-corrected chi connectivity index (χ2v) is 8.62. The van der Waals surface area contributed by atoms with Crippen LogP contribution in [0.5, 0.6) is 5.75 Å². The maximum absolute atomic E-state index is 14.3. The average Bonchev–Trinajstić information content (AvgIpc) is 3.34. The van der Waals surface area contributed by atoms with E-state index in [4.69, 9.17) is 21.5 Å². The lowest BCUT2D eigenvalue weighted by atomic mass is 9.94. The van der Waals surface area contributed by atoms with Crippen LogP contribution in [0.4, 0.5) is 10.1 Å². The van der Waals surface area contributed by atoms with Gasteiger partial charge in [-0.1, -0.05) is 53.2 Å². The number of hydrogen-bond acceptors (Lipinski definition) is 5. The summed E-state index contributed by atoms with van der Waals surface area (Å²) in [5, 5.41) is 8.16. The summed E-state index contributed by atoms with van der Waals surface area (Å²) in [6.07, 6.45) is 0. The SMILES string of the molecule is COc1ccc(-c2noc(C3=C(C)N(c4ccccc4)C(=S)NC3c3ccc(C)cc3)n2)cc1F. The number of aromatic nitrogens is 2. The summed E-state index contributed by atoms with van der Waals surface area (Å²) >= 11 is 5.77. The van der Waals surface area contributed by atoms with E-state index in [-0.39, 0.29) is 17.6 Å². The van der Waals surface area contributed by atoms with Crippen LogP contribution in [-0.2, 0) is 0 Å². The monoisotopic (exact) mass is 486 g/mol. The molecule has 0 bridgehead atoms. The van der Waals surface area contributed by atoms with Crippen molar-refractivity contribution in [1.29, 1.82) is 0 Å². The van der Waals surface area contributed by atoms with Crippen LogP contribution >= 0.6 is 12.2 Å². The number of anilines is 1. The lowest BCUT2D eigenvalue weighted by molar-refractivity contribution is 0.386. The highest BCUT2D eigenvalue weighted by molar-refractivity contribution is 7.80. The van der Waals surface area contributed by atoms with Crippen LogP contribution in [-0.4, -0.2) is 22.4 Å². The van der Waals surface area contributed by atoms with Crippen LogP contribution in [0.2, 0.25) is 0 Å². The van der Waals surface area contributed by atoms with Crippen LogP contribution in [0.15, 0.2) is 83.0 Å². The molecule has 4 aromatic rings. The molecule has 0 saturated carbocycles. The zero-order chi connectivity index (χ0) is 24.5. The summed E-state index contributed by atoms with van der Waals surface area (Å²) in [5.74, 6) is 0.266. The van der Waals surface area contributed by atoms with Crippen LogP contribution in [0.3, 0.4) is 0 Å². The summed E-state index contributed by atoms with van der Waals surface area (Å²) < 4.78 is 25.1. The Morgan fingerprint density at radius 3 is 2.46 bits per heavy atom. The molecule has 8 heteroatoms. The molecule has 0 spiro atoms. The number of rotatable bonds is 5. The summed E-state index contributed by atoms with van der Waals surface area (Å²) in [6, 6.07) is 22.3. The van der Waals surface area contributed by atoms with Crippen molar-refractivity contribution in [3.63, 3.8) is 0 Å². The topological polar surface area (TPSA) is 63.4 Å². The summed E-state index contributed by atoms with van der Waals surface area (Å²) in [6.45, 7) is 4.02. The van der Waals surface area contributed by atoms with Gasteiger partial charge in [0.1, 0.15) is 0 Å². The molecule has 1 aliphatic heterocycles. The molecule has 1 unspecified atom stereocenters. The normalized spacial score (nSPS) is 15.8. The first-order valence-corrected chi connectivity index (χ1v) is 11.5. The van der Waals surface area contributed by atoms with Gasteiger partial charge < -0.3 is 14.6 Å². The summed E-state index contributed by atoms with van der Waals surface area (Å²) in [7, 11) is 1.42. The number of nitrogens with one attached hydrogen (secondary N) is 1. The van der Waals surface area contributed by atoms with E-state index in [1.54, 1.807) is 6.07 Å². The van der Waals surface area contributed by atoms with Crippen molar-refractivity contribution in [2.24, 2.45) is 0 Å². The van der Waals surface area contributed by atoms with Crippen molar-refractivity contribution >= 4 is 28.6 Å². The number of benzene rings is 3. The van der Waals surface area contributed by atoms with Gasteiger partial charge in [-0.25, -0.2) is 4.39 Å². The standard InChI is InChI=1S/C27H23FN4O2S/c1-16-9-11-18(12-10-16)24-23(17(2)32(27(35)29-24)20-7-5-4-6-8-20)26-30-25(31-34-26)19-13-14-22(33-3)21(28)15-19/h4-15,24H,1-3H3,(H,29,35). The molecule has 5 rings (SSSR count). The van der Waals surface area contributed by atoms with Crippen LogP contribution < -0.4 is 15.0 Å². The first-order chi connectivity index (χ1) is 17.0. The van der Waals surface area contributed by atoms with Gasteiger partial charge in [-0.2, -0.15) is 4.98 Å². The van der Waals surface area contributed by atoms with E-state index in [0.717, 1.165) is 28.1 Å². The molecule has 0 amide bonds. The molecule has 1 N–H and O–H groups in total. The van der Waals surface area contributed by atoms with Gasteiger partial charge in [-0.15, -0.1) is 0 Å². The molecule has 1 aliphatic rings. The zero-order valence-electron chi connectivity index (χ0n) is 19.4. The highest BCUT2D eigenvalue weighted by Crippen LogP contribution is 2.39. The van der Waals surface area contributed by atoms with E-state index in [1.165, 1.54) is 19.2 Å². The minimum absolute atomic E-state index is 0.152. The molecule has 0 radical (unpaired) electrons. The van der Waals surface area contributed by atoms with E-state index < -0.39 is 5.82 Å². The number of allylic oxidation sites excluding steroid dienone is 1. The van der Waals surface area contributed by atoms with Crippen LogP contribution in [0.1, 0.15) is 30.0 Å². The van der Waals surface area contributed by atoms with Crippen molar-refractivity contribution in [1.82, 2.24) is 15.5 Å². The number of ether oxygens (including phenoxy) is 1. The number of halogens is 1. The van der Waals surface area contributed by atoms with E-state index in [2.05, 4.69) is 39.7 Å². The van der Waals surface area contributed by atoms with Gasteiger partial charge in [0.15, 0.2) is 16.7 Å². The molecular formula is C27H23FN4O2S. The van der Waals surface area contributed by atoms with Gasteiger partial charge in [-0.05, 0) is 62.0 Å². The highest BCUT2D eigenvalue weighted by atomic mass is 32.1. The number of hydrogen-bond donors (Lipinski definition) is 1. The first-order valence-electron chi connectivity index (χ1n) is 11.1. The Balaban J connectivity index is 1.63. The molecule has 1 aromatic heterocycles. The average molecular weight is 487 g/mol. The smallest absolute Gasteiger partial charge is 0.258 e. The fraction of sp³-hybridized carbons (Fsp3) is 0.148. The quantitative estimate of drug-likeness (QED) is 0.344. The van der Waals surface area contributed by atoms with Crippen molar-refractivity contribution in [3.05, 3.63) is 101 Å². The number of nitrogens with zero attached hydrogens (tertiary/aromatic N) is 3. The minimum Gasteiger partial charge on any atom is -0.494 e. The predicted molar refractivity (Wildman–Crippen MR) is 137 cm³/mol. The molecule has 0 saturated heterocycles. The maximum atomic E-state index is 14.3. The second-order valence-electron chi connectivity index (χ2n) is 8.24. The molecule has 176 valence electrons. The molecular weight excluding hydrogens is 463 g/mol. The van der Waals surface area contributed by atoms with Gasteiger partial charge >= 0.3 is 0 Å². The summed E-state index contributed by atoms with van der Waals surface area (Å²) in [5.41, 5.74) is 5.22. The van der Waals surface area contributed by atoms with E-state index in [0.29, 0.717) is 16.6 Å². The third kappa shape index (κ3) is 4.28. The lowest BCUT2D eigenvalue weighted by Gasteiger charge is -2.37. The molecule has 0 aliphatic carbocycles. The van der Waals surface area contributed by atoms with Crippen molar-refractivity contribution in [3.8, 4) is 17.1 Å². The van der Waals surface area contributed by atoms with Crippen molar-refractivity contribution < 1.29 is 13.7 Å². The summed E-state index contributed by atoms with van der Waals surface area (Å²) in [4.78, 5) is 6.60. The fourth-order valence-corrected chi connectivity index (χ4v) is 4.53. The Labute approximate surface area is 208 Å². The fourth-order valence-electron chi connectivity index (χ4n) is 4.17. The number of thiocarbonyl (C=S) groups is 1. The Morgan fingerprint density at radius 2 is 1.77 bits per heavy atom. The lowest BCUT2D eigenvalue weighted by Crippen LogP contribution is -2.46. The molecule has 1 atom stereocenters. The Bertz CT molecular complexity index is 1420. The van der Waals surface area contributed by atoms with Gasteiger partial charge in [0.05, 0.1) is 18.7 Å². The number of methoxy groups -OCH3 is 1. The van der Waals surface area contributed by atoms with Crippen molar-refractivity contribution in [2.75, 3.05) is 12.0 Å². The van der Waals surface area contributed by atoms with E-state index >= 15 is 0 Å². The van der Waals surface area contributed by atoms with E-state index in [9.17, 15) is 4.39 Å². The Kier molecular flexibility index (Phi) is 6.05. The predicted octanol–water partition coefficient (Wildman–Crippen LogP) is 6.06. The molecule has 3 aromatic carbocycles. The number of para-hydroxylation sites is 1. The zero-order valence-corrected chi connectivity index (χ0v) is 20.3. The highest BCUT2D eigenvalue weighted by Gasteiger charge is 2.34. The maximum Gasteiger partial charge on any atom is 0.258 e. The van der Waals surface area contributed by atoms with Gasteiger partial charge in [0.25, 0.3) is 5.89 Å². The number of aryl methyl sites for hydroxylation is 1. The third-order valence-corrected chi connectivity index (χ3v) is 6.28. The molecule has 2 heterocycles. The van der Waals surface area contributed by atoms with Gasteiger partial charge in [0, 0.05) is 16.9 Å². The largest absolute Gasteiger partial charge is 0.494 e. The van der Waals surface area contributed by atoms with Gasteiger partial charge in [0.2, 0.25) is 5.82 Å². The minimum atomic E-state index is -0.496. The van der Waals surface area contributed by atoms with Crippen LogP contribution in [0, 0.1) is 12.7 Å². The third-order valence-electron chi connectivity index (χ3n) is 5.98. The molecule has 35 heavy (non-hydrogen) atoms. The molecule has 6 nitrogen and oxygen atoms in total. The molecule has 0 fully saturated rings. The van der Waals surface area contributed by atoms with Crippen molar-refractivity contribution in [2.45, 2.75) is 19.9 Å². The van der Waals surface area contributed by atoms with Gasteiger partial charge in [-0.3, -0.25) is 4.90 Å². The second kappa shape index (κ2) is 9.31. The first kappa shape index (κ1) is 22.7. The Hall–Kier alpha value is -4.04. The Morgan fingerprint density at radius 1 is 1.03 bits per heavy atom. The van der Waals surface area contributed by atoms with Crippen LogP contribution in [0.25, 0.3) is 17.0 Å². The van der Waals surface area contributed by atoms with E-state index in [1.807, 2.05) is 49.1 Å².